The first-order chi connectivity index (χ1) is 11.7. The topological polar surface area (TPSA) is 58.5 Å². The minimum absolute atomic E-state index is 0.281. The second kappa shape index (κ2) is 7.38. The van der Waals surface area contributed by atoms with Crippen molar-refractivity contribution >= 4 is 16.9 Å². The van der Waals surface area contributed by atoms with Gasteiger partial charge in [0.2, 0.25) is 5.95 Å². The highest BCUT2D eigenvalue weighted by Gasteiger charge is 2.14. The van der Waals surface area contributed by atoms with Gasteiger partial charge in [0.05, 0.1) is 23.9 Å². The number of ether oxygens (including phenoxy) is 1. The molecule has 1 heterocycles. The maximum Gasteiger partial charge on any atom is 0.226 e. The molecule has 2 aromatic carbocycles. The van der Waals surface area contributed by atoms with Gasteiger partial charge in [-0.1, -0.05) is 48.5 Å². The van der Waals surface area contributed by atoms with Gasteiger partial charge < -0.3 is 14.7 Å². The van der Waals surface area contributed by atoms with Crippen molar-refractivity contribution in [1.29, 1.82) is 0 Å². The first-order valence-corrected chi connectivity index (χ1v) is 7.89. The van der Waals surface area contributed by atoms with Gasteiger partial charge in [-0.25, -0.2) is 9.97 Å². The Hall–Kier alpha value is -2.50. The van der Waals surface area contributed by atoms with Crippen molar-refractivity contribution in [3.8, 4) is 11.3 Å². The molecule has 0 aliphatic rings. The van der Waals surface area contributed by atoms with Crippen LogP contribution in [0.3, 0.4) is 0 Å². The van der Waals surface area contributed by atoms with Crippen molar-refractivity contribution in [2.24, 2.45) is 0 Å². The summed E-state index contributed by atoms with van der Waals surface area (Å²) in [5.74, 6) is 0.586. The molecule has 0 aliphatic carbocycles. The van der Waals surface area contributed by atoms with Crippen molar-refractivity contribution in [1.82, 2.24) is 9.97 Å². The van der Waals surface area contributed by atoms with Crippen LogP contribution >= 0.6 is 0 Å². The van der Waals surface area contributed by atoms with Crippen molar-refractivity contribution in [3.63, 3.8) is 0 Å². The number of aliphatic hydroxyl groups excluding tert-OH is 1. The van der Waals surface area contributed by atoms with Crippen LogP contribution < -0.4 is 4.90 Å². The number of aliphatic hydroxyl groups is 1. The second-order valence-electron chi connectivity index (χ2n) is 5.75. The predicted octanol–water partition coefficient (Wildman–Crippen LogP) is 2.74. The lowest BCUT2D eigenvalue weighted by atomic mass is 10.1. The highest BCUT2D eigenvalue weighted by molar-refractivity contribution is 5.93. The van der Waals surface area contributed by atoms with E-state index in [1.54, 1.807) is 7.11 Å². The lowest BCUT2D eigenvalue weighted by molar-refractivity contribution is 0.0693. The van der Waals surface area contributed by atoms with Crippen molar-refractivity contribution < 1.29 is 9.84 Å². The first-order valence-electron chi connectivity index (χ1n) is 7.89. The van der Waals surface area contributed by atoms with E-state index in [4.69, 9.17) is 9.72 Å². The van der Waals surface area contributed by atoms with Gasteiger partial charge in [-0.15, -0.1) is 0 Å². The fourth-order valence-electron chi connectivity index (χ4n) is 2.69. The van der Waals surface area contributed by atoms with Gasteiger partial charge in [0.25, 0.3) is 0 Å². The Kier molecular flexibility index (Phi) is 5.03. The molecular weight excluding hydrogens is 302 g/mol. The van der Waals surface area contributed by atoms with Crippen LogP contribution in [0.2, 0.25) is 0 Å². The molecular formula is C19H21N3O2. The monoisotopic (exact) mass is 323 g/mol. The molecule has 1 atom stereocenters. The maximum atomic E-state index is 9.96. The number of rotatable bonds is 6. The van der Waals surface area contributed by atoms with Crippen LogP contribution in [0.1, 0.15) is 0 Å². The summed E-state index contributed by atoms with van der Waals surface area (Å²) in [4.78, 5) is 11.2. The average Bonchev–Trinajstić information content (AvgIpc) is 2.61. The van der Waals surface area contributed by atoms with Gasteiger partial charge in [-0.05, 0) is 6.07 Å². The Labute approximate surface area is 141 Å². The van der Waals surface area contributed by atoms with E-state index in [-0.39, 0.29) is 6.61 Å². The third-order valence-corrected chi connectivity index (χ3v) is 3.82. The summed E-state index contributed by atoms with van der Waals surface area (Å²) in [5.41, 5.74) is 2.82. The molecule has 0 amide bonds. The number of methoxy groups -OCH3 is 1. The van der Waals surface area contributed by atoms with Crippen LogP contribution in [0.4, 0.5) is 5.95 Å². The van der Waals surface area contributed by atoms with Crippen LogP contribution in [0.5, 0.6) is 0 Å². The van der Waals surface area contributed by atoms with Crippen molar-refractivity contribution in [3.05, 3.63) is 54.6 Å². The van der Waals surface area contributed by atoms with Crippen LogP contribution in [0, 0.1) is 0 Å². The lowest BCUT2D eigenvalue weighted by Crippen LogP contribution is -2.33. The van der Waals surface area contributed by atoms with E-state index >= 15 is 0 Å². The fraction of sp³-hybridized carbons (Fsp3) is 0.263. The van der Waals surface area contributed by atoms with Gasteiger partial charge in [0.15, 0.2) is 0 Å². The summed E-state index contributed by atoms with van der Waals surface area (Å²) in [6, 6.07) is 18.0. The van der Waals surface area contributed by atoms with E-state index in [2.05, 4.69) is 4.98 Å². The zero-order valence-electron chi connectivity index (χ0n) is 13.9. The summed E-state index contributed by atoms with van der Waals surface area (Å²) in [6.45, 7) is 0.684. The second-order valence-corrected chi connectivity index (χ2v) is 5.75. The van der Waals surface area contributed by atoms with E-state index in [1.165, 1.54) is 0 Å². The Morgan fingerprint density at radius 1 is 1.04 bits per heavy atom. The molecule has 0 unspecified atom stereocenters. The van der Waals surface area contributed by atoms with Gasteiger partial charge in [-0.3, -0.25) is 0 Å². The fourth-order valence-corrected chi connectivity index (χ4v) is 2.69. The standard InChI is InChI=1S/C19H21N3O2/c1-22(12-15(23)13-24-2)19-20-17-11-7-6-10-16(17)18(21-19)14-8-4-3-5-9-14/h3-11,15,23H,12-13H2,1-2H3/t15-/m0/s1. The van der Waals surface area contributed by atoms with Crippen molar-refractivity contribution in [2.75, 3.05) is 32.2 Å². The van der Waals surface area contributed by atoms with Crippen LogP contribution in [0.15, 0.2) is 54.6 Å². The molecule has 0 saturated carbocycles. The number of hydrogen-bond acceptors (Lipinski definition) is 5. The summed E-state index contributed by atoms with van der Waals surface area (Å²) >= 11 is 0. The molecule has 0 spiro atoms. The number of anilines is 1. The molecule has 0 saturated heterocycles. The molecule has 3 rings (SSSR count). The summed E-state index contributed by atoms with van der Waals surface area (Å²) in [7, 11) is 3.45. The van der Waals surface area contributed by atoms with Gasteiger partial charge in [0.1, 0.15) is 0 Å². The Morgan fingerprint density at radius 2 is 1.75 bits per heavy atom. The van der Waals surface area contributed by atoms with E-state index < -0.39 is 6.10 Å². The minimum Gasteiger partial charge on any atom is -0.389 e. The van der Waals surface area contributed by atoms with Gasteiger partial charge in [-0.2, -0.15) is 0 Å². The highest BCUT2D eigenvalue weighted by Crippen LogP contribution is 2.27. The third-order valence-electron chi connectivity index (χ3n) is 3.82. The Balaban J connectivity index is 2.04. The summed E-state index contributed by atoms with van der Waals surface area (Å²) < 4.78 is 4.99. The molecule has 0 aliphatic heterocycles. The van der Waals surface area contributed by atoms with E-state index in [0.717, 1.165) is 22.2 Å². The molecule has 0 fully saturated rings. The number of fused-ring (bicyclic) bond motifs is 1. The number of nitrogens with zero attached hydrogens (tertiary/aromatic N) is 3. The summed E-state index contributed by atoms with van der Waals surface area (Å²) in [6.07, 6.45) is -0.588. The molecule has 0 radical (unpaired) electrons. The number of para-hydroxylation sites is 1. The number of benzene rings is 2. The highest BCUT2D eigenvalue weighted by atomic mass is 16.5. The Morgan fingerprint density at radius 3 is 2.50 bits per heavy atom. The first kappa shape index (κ1) is 16.4. The smallest absolute Gasteiger partial charge is 0.226 e. The molecule has 5 nitrogen and oxygen atoms in total. The predicted molar refractivity (Wildman–Crippen MR) is 96.1 cm³/mol. The molecule has 24 heavy (non-hydrogen) atoms. The Bertz CT molecular complexity index is 808. The largest absolute Gasteiger partial charge is 0.389 e. The molecule has 1 N–H and O–H groups in total. The third kappa shape index (κ3) is 3.53. The lowest BCUT2D eigenvalue weighted by Gasteiger charge is -2.21. The molecule has 1 aromatic heterocycles. The average molecular weight is 323 g/mol. The van der Waals surface area contributed by atoms with Crippen molar-refractivity contribution in [2.45, 2.75) is 6.10 Å². The molecule has 0 bridgehead atoms. The quantitative estimate of drug-likeness (QED) is 0.756. The summed E-state index contributed by atoms with van der Waals surface area (Å²) in [5, 5.41) is 11.0. The van der Waals surface area contributed by atoms with E-state index in [0.29, 0.717) is 12.5 Å². The van der Waals surface area contributed by atoms with E-state index in [9.17, 15) is 5.11 Å². The van der Waals surface area contributed by atoms with Crippen LogP contribution in [-0.4, -0.2) is 48.5 Å². The number of hydrogen-bond donors (Lipinski definition) is 1. The minimum atomic E-state index is -0.588. The SMILES string of the molecule is COC[C@@H](O)CN(C)c1nc(-c2ccccc2)c2ccccc2n1. The number of aromatic nitrogens is 2. The zero-order valence-corrected chi connectivity index (χ0v) is 13.9. The van der Waals surface area contributed by atoms with Crippen LogP contribution in [0.25, 0.3) is 22.2 Å². The molecule has 5 heteroatoms. The normalized spacial score (nSPS) is 12.3. The number of likely N-dealkylation sites (N-methyl/N-ethyl adjacent to an activating group) is 1. The maximum absolute atomic E-state index is 9.96. The zero-order chi connectivity index (χ0) is 16.9. The van der Waals surface area contributed by atoms with Gasteiger partial charge in [0, 0.05) is 31.7 Å². The van der Waals surface area contributed by atoms with Crippen LogP contribution in [-0.2, 0) is 4.74 Å². The van der Waals surface area contributed by atoms with Gasteiger partial charge >= 0.3 is 0 Å². The molecule has 124 valence electrons. The van der Waals surface area contributed by atoms with E-state index in [1.807, 2.05) is 66.5 Å². The molecule has 3 aromatic rings.